The van der Waals surface area contributed by atoms with E-state index in [0.29, 0.717) is 30.8 Å². The van der Waals surface area contributed by atoms with Gasteiger partial charge in [-0.05, 0) is 31.2 Å². The number of carbonyl (C=O) groups excluding carboxylic acids is 1. The first kappa shape index (κ1) is 22.4. The molecule has 1 aromatic carbocycles. The molecular weight excluding hydrogens is 437 g/mol. The number of halogens is 3. The number of nitrogens with one attached hydrogen (secondary N) is 2. The predicted octanol–water partition coefficient (Wildman–Crippen LogP) is 2.20. The van der Waals surface area contributed by atoms with Gasteiger partial charge in [0, 0.05) is 54.8 Å². The summed E-state index contributed by atoms with van der Waals surface area (Å²) < 4.78 is 52.1. The molecule has 4 heterocycles. The molecule has 0 aliphatic carbocycles. The van der Waals surface area contributed by atoms with E-state index in [-0.39, 0.29) is 42.0 Å². The second-order valence-electron chi connectivity index (χ2n) is 9.12. The number of rotatable bonds is 3. The molecule has 3 fully saturated rings. The lowest BCUT2D eigenvalue weighted by atomic mass is 9.83. The summed E-state index contributed by atoms with van der Waals surface area (Å²) in [5, 5.41) is 6.97. The second kappa shape index (κ2) is 8.73. The summed E-state index contributed by atoms with van der Waals surface area (Å²) >= 11 is 0. The van der Waals surface area contributed by atoms with Gasteiger partial charge in [-0.25, -0.2) is 0 Å². The highest BCUT2D eigenvalue weighted by atomic mass is 19.4. The van der Waals surface area contributed by atoms with Crippen molar-refractivity contribution in [2.75, 3.05) is 44.3 Å². The Kier molecular flexibility index (Phi) is 5.92. The molecular formula is C23H27F3N4O3. The van der Waals surface area contributed by atoms with Gasteiger partial charge in [0.15, 0.2) is 6.10 Å². The van der Waals surface area contributed by atoms with E-state index in [0.717, 1.165) is 19.2 Å². The van der Waals surface area contributed by atoms with Gasteiger partial charge in [-0.1, -0.05) is 0 Å². The van der Waals surface area contributed by atoms with Crippen LogP contribution in [0.2, 0.25) is 0 Å². The van der Waals surface area contributed by atoms with Gasteiger partial charge in [0.25, 0.3) is 5.91 Å². The first-order chi connectivity index (χ1) is 15.8. The van der Waals surface area contributed by atoms with Crippen LogP contribution >= 0.6 is 0 Å². The number of piperidine rings is 1. The van der Waals surface area contributed by atoms with Crippen LogP contribution in [0.15, 0.2) is 30.5 Å². The normalized spacial score (nSPS) is 30.3. The van der Waals surface area contributed by atoms with E-state index in [4.69, 9.17) is 9.47 Å². The summed E-state index contributed by atoms with van der Waals surface area (Å²) in [5.41, 5.74) is -0.242. The maximum Gasteiger partial charge on any atom is 0.418 e. The molecule has 3 aliphatic rings. The minimum absolute atomic E-state index is 0.0258. The van der Waals surface area contributed by atoms with Gasteiger partial charge >= 0.3 is 6.18 Å². The number of hydrogen-bond donors (Lipinski definition) is 2. The zero-order valence-electron chi connectivity index (χ0n) is 18.3. The van der Waals surface area contributed by atoms with Crippen molar-refractivity contribution in [3.63, 3.8) is 0 Å². The first-order valence-corrected chi connectivity index (χ1v) is 11.3. The van der Waals surface area contributed by atoms with E-state index >= 15 is 0 Å². The van der Waals surface area contributed by atoms with E-state index < -0.39 is 17.8 Å². The Morgan fingerprint density at radius 3 is 2.67 bits per heavy atom. The minimum atomic E-state index is -4.50. The van der Waals surface area contributed by atoms with E-state index in [1.54, 1.807) is 12.1 Å². The fraction of sp³-hybridized carbons (Fsp3) is 0.565. The monoisotopic (exact) mass is 464 g/mol. The number of amides is 1. The van der Waals surface area contributed by atoms with Crippen molar-refractivity contribution >= 4 is 22.5 Å². The summed E-state index contributed by atoms with van der Waals surface area (Å²) in [7, 11) is 0. The lowest BCUT2D eigenvalue weighted by molar-refractivity contribution is -0.141. The Morgan fingerprint density at radius 2 is 1.94 bits per heavy atom. The molecule has 33 heavy (non-hydrogen) atoms. The predicted molar refractivity (Wildman–Crippen MR) is 116 cm³/mol. The van der Waals surface area contributed by atoms with Gasteiger partial charge in [0.05, 0.1) is 36.9 Å². The Morgan fingerprint density at radius 1 is 1.18 bits per heavy atom. The molecule has 10 heteroatoms. The average Bonchev–Trinajstić information content (AvgIpc) is 2.77. The first-order valence-electron chi connectivity index (χ1n) is 11.3. The zero-order chi connectivity index (χ0) is 23.2. The lowest BCUT2D eigenvalue weighted by Crippen LogP contribution is -2.63. The number of nitrogens with zero attached hydrogens (tertiary/aromatic N) is 2. The fourth-order valence-electron chi connectivity index (χ4n) is 5.24. The Hall–Kier alpha value is -2.43. The van der Waals surface area contributed by atoms with Crippen LogP contribution in [0.25, 0.3) is 10.9 Å². The van der Waals surface area contributed by atoms with Gasteiger partial charge < -0.3 is 25.0 Å². The third-order valence-corrected chi connectivity index (χ3v) is 6.75. The number of anilines is 1. The topological polar surface area (TPSA) is 75.7 Å². The number of pyridine rings is 1. The molecule has 2 unspecified atom stereocenters. The van der Waals surface area contributed by atoms with Crippen molar-refractivity contribution in [1.82, 2.24) is 15.6 Å². The molecule has 1 amide bonds. The van der Waals surface area contributed by atoms with Crippen LogP contribution in [0, 0.1) is 11.8 Å². The van der Waals surface area contributed by atoms with E-state index in [2.05, 4.69) is 15.6 Å². The van der Waals surface area contributed by atoms with Crippen LogP contribution in [0.5, 0.6) is 0 Å². The third-order valence-electron chi connectivity index (χ3n) is 6.75. The molecule has 2 bridgehead atoms. The van der Waals surface area contributed by atoms with E-state index in [1.807, 2.05) is 11.8 Å². The molecule has 178 valence electrons. The SMILES string of the molecule is C[C@@H]1CN(c2ccc(C(F)(F)F)c3ncccc23)C[C@H](C(=O)NC2C3CNCC2COC3)O1. The molecule has 4 atom stereocenters. The second-order valence-corrected chi connectivity index (χ2v) is 9.12. The Bertz CT molecular complexity index is 1010. The molecule has 0 radical (unpaired) electrons. The Balaban J connectivity index is 1.38. The lowest BCUT2D eigenvalue weighted by Gasteiger charge is -2.44. The van der Waals surface area contributed by atoms with Crippen LogP contribution in [0.4, 0.5) is 18.9 Å². The maximum atomic E-state index is 13.5. The Labute approximate surface area is 189 Å². The van der Waals surface area contributed by atoms with Crippen molar-refractivity contribution < 1.29 is 27.4 Å². The maximum absolute atomic E-state index is 13.5. The van der Waals surface area contributed by atoms with Gasteiger partial charge in [-0.3, -0.25) is 9.78 Å². The van der Waals surface area contributed by atoms with Gasteiger partial charge in [-0.2, -0.15) is 13.2 Å². The number of morpholine rings is 1. The minimum Gasteiger partial charge on any atom is -0.381 e. The molecule has 0 saturated carbocycles. The van der Waals surface area contributed by atoms with Gasteiger partial charge in [0.2, 0.25) is 0 Å². The van der Waals surface area contributed by atoms with Gasteiger partial charge in [0.1, 0.15) is 0 Å². The van der Waals surface area contributed by atoms with E-state index in [9.17, 15) is 18.0 Å². The standard InChI is InChI=1S/C23H27F3N4O3/c1-13-9-30(18-5-4-17(23(24,25)26)21-16(18)3-2-6-28-21)10-19(33-13)22(31)29-20-14-7-27-8-15(20)12-32-11-14/h2-6,13-15,19-20,27H,7-12H2,1H3,(H,29,31)/t13-,14?,15?,19-,20?/m1/s1. The van der Waals surface area contributed by atoms with E-state index in [1.165, 1.54) is 12.3 Å². The smallest absolute Gasteiger partial charge is 0.381 e. The van der Waals surface area contributed by atoms with Crippen molar-refractivity contribution in [3.8, 4) is 0 Å². The summed E-state index contributed by atoms with van der Waals surface area (Å²) in [6.07, 6.45) is -4.12. The highest BCUT2D eigenvalue weighted by Crippen LogP contribution is 2.38. The summed E-state index contributed by atoms with van der Waals surface area (Å²) in [4.78, 5) is 19.1. The molecule has 2 N–H and O–H groups in total. The third kappa shape index (κ3) is 4.39. The van der Waals surface area contributed by atoms with Crippen LogP contribution in [0.1, 0.15) is 12.5 Å². The van der Waals surface area contributed by atoms with Crippen LogP contribution < -0.4 is 15.5 Å². The summed E-state index contributed by atoms with van der Waals surface area (Å²) in [5.74, 6) is 0.233. The van der Waals surface area contributed by atoms with Crippen molar-refractivity contribution in [1.29, 1.82) is 0 Å². The molecule has 7 nitrogen and oxygen atoms in total. The zero-order valence-corrected chi connectivity index (χ0v) is 18.3. The molecule has 5 rings (SSSR count). The van der Waals surface area contributed by atoms with Crippen LogP contribution in [-0.2, 0) is 20.4 Å². The molecule has 3 saturated heterocycles. The quantitative estimate of drug-likeness (QED) is 0.726. The number of carbonyl (C=O) groups is 1. The largest absolute Gasteiger partial charge is 0.418 e. The number of benzene rings is 1. The molecule has 3 aliphatic heterocycles. The van der Waals surface area contributed by atoms with Crippen molar-refractivity contribution in [2.45, 2.75) is 31.3 Å². The summed E-state index contributed by atoms with van der Waals surface area (Å²) in [6.45, 7) is 5.37. The molecule has 2 aromatic rings. The fourth-order valence-corrected chi connectivity index (χ4v) is 5.24. The number of alkyl halides is 3. The van der Waals surface area contributed by atoms with Crippen molar-refractivity contribution in [2.24, 2.45) is 11.8 Å². The average molecular weight is 464 g/mol. The number of aromatic nitrogens is 1. The highest BCUT2D eigenvalue weighted by Gasteiger charge is 2.41. The van der Waals surface area contributed by atoms with Gasteiger partial charge in [-0.15, -0.1) is 0 Å². The number of fused-ring (bicyclic) bond motifs is 3. The van der Waals surface area contributed by atoms with Crippen LogP contribution in [-0.4, -0.2) is 68.5 Å². The van der Waals surface area contributed by atoms with Crippen LogP contribution in [0.3, 0.4) is 0 Å². The molecule has 1 aromatic heterocycles. The highest BCUT2D eigenvalue weighted by molar-refractivity contribution is 5.94. The summed E-state index contributed by atoms with van der Waals surface area (Å²) in [6, 6.07) is 5.82. The van der Waals surface area contributed by atoms with Crippen molar-refractivity contribution in [3.05, 3.63) is 36.0 Å². The molecule has 0 spiro atoms. The number of hydrogen-bond acceptors (Lipinski definition) is 6. The number of ether oxygens (including phenoxy) is 2.